The van der Waals surface area contributed by atoms with Gasteiger partial charge in [-0.2, -0.15) is 0 Å². The van der Waals surface area contributed by atoms with Gasteiger partial charge in [-0.1, -0.05) is 63.6 Å². The molecule has 1 saturated carbocycles. The summed E-state index contributed by atoms with van der Waals surface area (Å²) in [7, 11) is 0. The van der Waals surface area contributed by atoms with Crippen LogP contribution in [0.15, 0.2) is 41.6 Å². The molecule has 0 amide bonds. The summed E-state index contributed by atoms with van der Waals surface area (Å²) in [5.74, 6) is 1.09. The molecule has 0 bridgehead atoms. The predicted molar refractivity (Wildman–Crippen MR) is 144 cm³/mol. The minimum absolute atomic E-state index is 0.0646. The van der Waals surface area contributed by atoms with Gasteiger partial charge in [-0.3, -0.25) is 10.1 Å². The third-order valence-corrected chi connectivity index (χ3v) is 8.16. The first-order valence-corrected chi connectivity index (χ1v) is 13.4. The SMILES string of the molecule is CCCCC(CC)Cn1c2ccc(C(C(C)=NO)C3CCCCC3)cc2c2cc([N+](=O)[O-])ccc21. The fourth-order valence-electron chi connectivity index (χ4n) is 6.17. The zero-order valence-electron chi connectivity index (χ0n) is 21.4. The Morgan fingerprint density at radius 1 is 1.11 bits per heavy atom. The first-order chi connectivity index (χ1) is 17.0. The van der Waals surface area contributed by atoms with Crippen molar-refractivity contribution < 1.29 is 10.1 Å². The molecule has 1 fully saturated rings. The molecule has 0 aliphatic heterocycles. The summed E-state index contributed by atoms with van der Waals surface area (Å²) in [4.78, 5) is 11.3. The molecule has 3 aromatic rings. The molecule has 1 N–H and O–H groups in total. The fraction of sp³-hybridized carbons (Fsp3) is 0.552. The van der Waals surface area contributed by atoms with Gasteiger partial charge in [0.15, 0.2) is 0 Å². The Morgan fingerprint density at radius 3 is 2.43 bits per heavy atom. The van der Waals surface area contributed by atoms with Crippen LogP contribution < -0.4 is 0 Å². The van der Waals surface area contributed by atoms with Gasteiger partial charge in [0.05, 0.1) is 10.6 Å². The lowest BCUT2D eigenvalue weighted by atomic mass is 9.74. The Bertz CT molecular complexity index is 1210. The number of fused-ring (bicyclic) bond motifs is 3. The van der Waals surface area contributed by atoms with Crippen LogP contribution in [0.25, 0.3) is 21.8 Å². The van der Waals surface area contributed by atoms with Crippen molar-refractivity contribution in [2.75, 3.05) is 0 Å². The molecule has 0 saturated heterocycles. The highest BCUT2D eigenvalue weighted by atomic mass is 16.6. The lowest BCUT2D eigenvalue weighted by molar-refractivity contribution is -0.384. The third kappa shape index (κ3) is 5.21. The molecule has 2 aromatic carbocycles. The van der Waals surface area contributed by atoms with Crippen LogP contribution in [0.1, 0.15) is 90.0 Å². The normalized spacial score (nSPS) is 17.2. The van der Waals surface area contributed by atoms with E-state index in [4.69, 9.17) is 0 Å². The van der Waals surface area contributed by atoms with Gasteiger partial charge in [0.25, 0.3) is 5.69 Å². The molecule has 4 rings (SSSR count). The first kappa shape index (κ1) is 25.2. The van der Waals surface area contributed by atoms with Crippen LogP contribution >= 0.6 is 0 Å². The van der Waals surface area contributed by atoms with E-state index in [1.807, 2.05) is 13.0 Å². The number of oxime groups is 1. The number of rotatable bonds is 10. The number of non-ortho nitro benzene ring substituents is 1. The number of unbranched alkanes of at least 4 members (excludes halogenated alkanes) is 1. The molecule has 2 unspecified atom stereocenters. The summed E-state index contributed by atoms with van der Waals surface area (Å²) in [6, 6.07) is 11.8. The molecule has 1 aliphatic carbocycles. The standard InChI is InChI=1S/C29H39N3O3/c1-4-6-10-21(5-2)19-31-27-15-13-23(29(20(3)30-33)22-11-8-7-9-12-22)17-25(27)26-18-24(32(34)35)14-16-28(26)31/h13-18,21-22,29,33H,4-12,19H2,1-3H3. The monoisotopic (exact) mass is 477 g/mol. The average Bonchev–Trinajstić information content (AvgIpc) is 3.19. The molecular formula is C29H39N3O3. The van der Waals surface area contributed by atoms with Crippen molar-refractivity contribution >= 4 is 33.2 Å². The van der Waals surface area contributed by atoms with Crippen LogP contribution in [0, 0.1) is 22.0 Å². The number of nitro benzene ring substituents is 1. The molecule has 35 heavy (non-hydrogen) atoms. The second kappa shape index (κ2) is 11.2. The van der Waals surface area contributed by atoms with Gasteiger partial charge >= 0.3 is 0 Å². The van der Waals surface area contributed by atoms with E-state index >= 15 is 0 Å². The molecule has 0 radical (unpaired) electrons. The van der Waals surface area contributed by atoms with E-state index in [9.17, 15) is 15.3 Å². The molecule has 1 heterocycles. The maximum atomic E-state index is 11.6. The van der Waals surface area contributed by atoms with E-state index in [1.54, 1.807) is 12.1 Å². The summed E-state index contributed by atoms with van der Waals surface area (Å²) in [5, 5.41) is 26.9. The molecule has 0 spiro atoms. The zero-order valence-corrected chi connectivity index (χ0v) is 21.4. The number of benzene rings is 2. The van der Waals surface area contributed by atoms with Gasteiger partial charge in [-0.15, -0.1) is 0 Å². The molecule has 1 aliphatic rings. The summed E-state index contributed by atoms with van der Waals surface area (Å²) in [6.07, 6.45) is 10.7. The lowest BCUT2D eigenvalue weighted by Crippen LogP contribution is -2.22. The van der Waals surface area contributed by atoms with Crippen LogP contribution in [0.2, 0.25) is 0 Å². The maximum absolute atomic E-state index is 11.6. The topological polar surface area (TPSA) is 80.7 Å². The van der Waals surface area contributed by atoms with Crippen LogP contribution in [-0.4, -0.2) is 20.4 Å². The van der Waals surface area contributed by atoms with Crippen molar-refractivity contribution in [2.45, 2.75) is 91.0 Å². The van der Waals surface area contributed by atoms with Crippen molar-refractivity contribution in [3.8, 4) is 0 Å². The van der Waals surface area contributed by atoms with Crippen LogP contribution in [0.4, 0.5) is 5.69 Å². The minimum Gasteiger partial charge on any atom is -0.411 e. The van der Waals surface area contributed by atoms with E-state index in [1.165, 1.54) is 38.5 Å². The summed E-state index contributed by atoms with van der Waals surface area (Å²) >= 11 is 0. The Hall–Kier alpha value is -2.89. The van der Waals surface area contributed by atoms with Crippen molar-refractivity contribution in [3.63, 3.8) is 0 Å². The van der Waals surface area contributed by atoms with Gasteiger partial charge in [-0.05, 0) is 61.8 Å². The van der Waals surface area contributed by atoms with Gasteiger partial charge in [0.2, 0.25) is 0 Å². The van der Waals surface area contributed by atoms with Crippen molar-refractivity contribution in [1.82, 2.24) is 4.57 Å². The van der Waals surface area contributed by atoms with Crippen LogP contribution in [0.3, 0.4) is 0 Å². The number of aromatic nitrogens is 1. The van der Waals surface area contributed by atoms with Crippen LogP contribution in [0.5, 0.6) is 0 Å². The summed E-state index contributed by atoms with van der Waals surface area (Å²) < 4.78 is 2.37. The molecule has 1 aromatic heterocycles. The van der Waals surface area contributed by atoms with E-state index in [-0.39, 0.29) is 16.5 Å². The highest BCUT2D eigenvalue weighted by molar-refractivity contribution is 6.09. The van der Waals surface area contributed by atoms with Crippen molar-refractivity contribution in [3.05, 3.63) is 52.1 Å². The molecule has 6 nitrogen and oxygen atoms in total. The average molecular weight is 478 g/mol. The largest absolute Gasteiger partial charge is 0.411 e. The Morgan fingerprint density at radius 2 is 1.80 bits per heavy atom. The van der Waals surface area contributed by atoms with Crippen molar-refractivity contribution in [2.24, 2.45) is 17.0 Å². The first-order valence-electron chi connectivity index (χ1n) is 13.4. The second-order valence-electron chi connectivity index (χ2n) is 10.4. The maximum Gasteiger partial charge on any atom is 0.270 e. The zero-order chi connectivity index (χ0) is 24.9. The van der Waals surface area contributed by atoms with Crippen LogP contribution in [-0.2, 0) is 6.54 Å². The number of nitro groups is 1. The Labute approximate surface area is 208 Å². The van der Waals surface area contributed by atoms with E-state index in [2.05, 4.69) is 41.8 Å². The van der Waals surface area contributed by atoms with E-state index in [0.717, 1.165) is 58.9 Å². The molecule has 2 atom stereocenters. The van der Waals surface area contributed by atoms with Gasteiger partial charge in [0, 0.05) is 46.4 Å². The molecular weight excluding hydrogens is 438 g/mol. The minimum atomic E-state index is -0.310. The van der Waals surface area contributed by atoms with Crippen molar-refractivity contribution in [1.29, 1.82) is 0 Å². The quantitative estimate of drug-likeness (QED) is 0.138. The van der Waals surface area contributed by atoms with Gasteiger partial charge in [0.1, 0.15) is 0 Å². The van der Waals surface area contributed by atoms with E-state index in [0.29, 0.717) is 11.8 Å². The predicted octanol–water partition coefficient (Wildman–Crippen LogP) is 8.43. The number of nitrogens with zero attached hydrogens (tertiary/aromatic N) is 3. The van der Waals surface area contributed by atoms with Gasteiger partial charge in [-0.25, -0.2) is 0 Å². The summed E-state index contributed by atoms with van der Waals surface area (Å²) in [6.45, 7) is 7.31. The fourth-order valence-corrected chi connectivity index (χ4v) is 6.17. The Balaban J connectivity index is 1.87. The van der Waals surface area contributed by atoms with Gasteiger partial charge < -0.3 is 9.77 Å². The Kier molecular flexibility index (Phi) is 8.09. The number of hydrogen-bond donors (Lipinski definition) is 1. The lowest BCUT2D eigenvalue weighted by Gasteiger charge is -2.30. The summed E-state index contributed by atoms with van der Waals surface area (Å²) in [5.41, 5.74) is 4.19. The molecule has 188 valence electrons. The van der Waals surface area contributed by atoms with E-state index < -0.39 is 0 Å². The highest BCUT2D eigenvalue weighted by Gasteiger charge is 2.29. The smallest absolute Gasteiger partial charge is 0.270 e. The number of hydrogen-bond acceptors (Lipinski definition) is 4. The third-order valence-electron chi connectivity index (χ3n) is 8.16. The molecule has 6 heteroatoms. The second-order valence-corrected chi connectivity index (χ2v) is 10.4. The highest BCUT2D eigenvalue weighted by Crippen LogP contribution is 2.40.